The number of unbranched alkanes of at least 4 members (excludes halogenated alkanes) is 8. The predicted molar refractivity (Wildman–Crippen MR) is 289 cm³/mol. The molecule has 0 N–H and O–H groups in total. The molecule has 0 aliphatic heterocycles. The van der Waals surface area contributed by atoms with E-state index in [0.717, 1.165) is 90.3 Å². The molecule has 0 aliphatic rings. The Labute approximate surface area is 416 Å². The van der Waals surface area contributed by atoms with Gasteiger partial charge in [-0.05, 0) is 157 Å². The van der Waals surface area contributed by atoms with Crippen molar-refractivity contribution in [2.75, 3.05) is 26.4 Å². The monoisotopic (exact) mass is 1020 g/mol. The number of esters is 2. The molecule has 69 heavy (non-hydrogen) atoms. The highest BCUT2D eigenvalue weighted by Crippen LogP contribution is 2.44. The molecular weight excluding hydrogens is 939 g/mol. The maximum atomic E-state index is 13.8. The number of carbonyl (C=O) groups excluding carboxylic acids is 2. The third-order valence-electron chi connectivity index (χ3n) is 13.5. The second kappa shape index (κ2) is 26.8. The summed E-state index contributed by atoms with van der Waals surface area (Å²) < 4.78 is 42.7. The zero-order valence-electron chi connectivity index (χ0n) is 43.8. The van der Waals surface area contributed by atoms with Gasteiger partial charge in [-0.2, -0.15) is 0 Å². The Hall–Kier alpha value is -4.33. The fraction of sp³-hybridized carbons (Fsp3) is 0.547. The fourth-order valence-electron chi connectivity index (χ4n) is 7.02. The molecule has 16 heteroatoms. The highest BCUT2D eigenvalue weighted by Gasteiger charge is 2.39. The summed E-state index contributed by atoms with van der Waals surface area (Å²) in [4.78, 5) is 39.6. The van der Waals surface area contributed by atoms with Gasteiger partial charge in [0.25, 0.3) is 0 Å². The quantitative estimate of drug-likeness (QED) is 0.0119. The topological polar surface area (TPSA) is 142 Å². The molecular formula is C53H81NO11Si4. The number of hydrogen-bond donors (Lipinski definition) is 0. The Bertz CT molecular complexity index is 2260. The van der Waals surface area contributed by atoms with Gasteiger partial charge in [-0.1, -0.05) is 71.9 Å². The van der Waals surface area contributed by atoms with Crippen LogP contribution in [-0.4, -0.2) is 80.2 Å². The highest BCUT2D eigenvalue weighted by atomic mass is 29.3. The summed E-state index contributed by atoms with van der Waals surface area (Å²) in [5.41, 5.74) is 0.174. The second-order valence-electron chi connectivity index (χ2n) is 21.2. The van der Waals surface area contributed by atoms with Crippen molar-refractivity contribution in [3.63, 3.8) is 0 Å². The first-order valence-electron chi connectivity index (χ1n) is 25.1. The average molecular weight is 1020 g/mol. The minimum Gasteiger partial charge on any atom is -0.494 e. The number of carbonyl (C=O) groups is 2. The van der Waals surface area contributed by atoms with Crippen LogP contribution in [0.5, 0.6) is 28.7 Å². The van der Waals surface area contributed by atoms with Gasteiger partial charge in [0.1, 0.15) is 11.5 Å². The average Bonchev–Trinajstić information content (AvgIpc) is 3.28. The number of ether oxygens (including phenoxy) is 5. The van der Waals surface area contributed by atoms with Gasteiger partial charge >= 0.3 is 17.6 Å². The summed E-state index contributed by atoms with van der Waals surface area (Å²) in [6.45, 7) is 30.4. The van der Waals surface area contributed by atoms with Crippen molar-refractivity contribution in [1.82, 2.24) is 0 Å². The number of rotatable bonds is 31. The number of benzene rings is 4. The standard InChI is InChI=1S/C53H81NO11Si4/c1-13-14-19-24-41(2)63-48-35-34-47-46(50(48)54(57)58)33-36-49(64-52(55)42-25-29-44(30-26-42)59-37-20-15-17-22-39-61-68(9,10)66(3,4)5)51(47)65-53(56)43-27-31-45(32-28-43)60-38-21-16-18-23-40-62-69(11,12)67(6,7)8/h25-36,41H,13-24,37-40H2,1-12H3/t41-/m0/s1. The molecule has 0 saturated carbocycles. The van der Waals surface area contributed by atoms with Crippen molar-refractivity contribution in [3.05, 3.63) is 94.0 Å². The molecule has 12 nitrogen and oxygen atoms in total. The third-order valence-corrected chi connectivity index (χ3v) is 45.1. The summed E-state index contributed by atoms with van der Waals surface area (Å²) in [6, 6.07) is 19.2. The number of nitro groups is 1. The van der Waals surface area contributed by atoms with Crippen LogP contribution in [0.3, 0.4) is 0 Å². The first-order valence-corrected chi connectivity index (χ1v) is 39.9. The number of nitro benzene ring substituents is 1. The van der Waals surface area contributed by atoms with Crippen LogP contribution in [0.2, 0.25) is 65.5 Å². The van der Waals surface area contributed by atoms with Crippen LogP contribution in [0.1, 0.15) is 112 Å². The van der Waals surface area contributed by atoms with Crippen LogP contribution in [-0.2, 0) is 8.85 Å². The molecule has 1 atom stereocenters. The summed E-state index contributed by atoms with van der Waals surface area (Å²) >= 11 is 0. The molecule has 0 bridgehead atoms. The molecule has 0 unspecified atom stereocenters. The lowest BCUT2D eigenvalue weighted by molar-refractivity contribution is -0.384. The molecule has 0 aliphatic carbocycles. The Morgan fingerprint density at radius 3 is 1.42 bits per heavy atom. The minimum absolute atomic E-state index is 0.0813. The summed E-state index contributed by atoms with van der Waals surface area (Å²) in [5, 5.41) is 13.0. The van der Waals surface area contributed by atoms with Crippen LogP contribution < -0.4 is 23.7 Å². The Morgan fingerprint density at radius 1 is 0.536 bits per heavy atom. The number of fused-ring (bicyclic) bond motifs is 1. The summed E-state index contributed by atoms with van der Waals surface area (Å²) in [6.07, 6.45) is 11.6. The van der Waals surface area contributed by atoms with E-state index in [0.29, 0.717) is 24.7 Å². The normalized spacial score (nSPS) is 12.7. The van der Waals surface area contributed by atoms with Crippen LogP contribution in [0, 0.1) is 10.1 Å². The molecule has 4 aromatic rings. The predicted octanol–water partition coefficient (Wildman–Crippen LogP) is 14.7. The summed E-state index contributed by atoms with van der Waals surface area (Å²) in [7, 11) is -5.74. The van der Waals surface area contributed by atoms with E-state index < -0.39 is 47.7 Å². The lowest BCUT2D eigenvalue weighted by atomic mass is 10.1. The van der Waals surface area contributed by atoms with Crippen LogP contribution in [0.15, 0.2) is 72.8 Å². The third kappa shape index (κ3) is 17.8. The fourth-order valence-corrected chi connectivity index (χ4v) is 12.4. The van der Waals surface area contributed by atoms with E-state index in [4.69, 9.17) is 32.5 Å². The van der Waals surface area contributed by atoms with Crippen LogP contribution >= 0.6 is 0 Å². The van der Waals surface area contributed by atoms with Gasteiger partial charge < -0.3 is 32.5 Å². The molecule has 0 saturated heterocycles. The van der Waals surface area contributed by atoms with Crippen molar-refractivity contribution in [2.24, 2.45) is 0 Å². The zero-order chi connectivity index (χ0) is 50.8. The van der Waals surface area contributed by atoms with E-state index in [1.165, 1.54) is 18.2 Å². The molecule has 0 amide bonds. The minimum atomic E-state index is -1.60. The highest BCUT2D eigenvalue weighted by molar-refractivity contribution is 7.38. The van der Waals surface area contributed by atoms with E-state index in [-0.39, 0.29) is 50.9 Å². The zero-order valence-corrected chi connectivity index (χ0v) is 47.8. The molecule has 4 rings (SSSR count). The van der Waals surface area contributed by atoms with Crippen LogP contribution in [0.25, 0.3) is 10.8 Å². The maximum absolute atomic E-state index is 13.8. The molecule has 0 aromatic heterocycles. The molecule has 0 heterocycles. The van der Waals surface area contributed by atoms with Crippen molar-refractivity contribution >= 4 is 59.3 Å². The van der Waals surface area contributed by atoms with Gasteiger partial charge in [-0.25, -0.2) is 9.59 Å². The van der Waals surface area contributed by atoms with E-state index in [1.807, 2.05) is 6.92 Å². The van der Waals surface area contributed by atoms with Gasteiger partial charge in [0.2, 0.25) is 0 Å². The Kier molecular flexibility index (Phi) is 22.2. The second-order valence-corrected chi connectivity index (χ2v) is 53.0. The summed E-state index contributed by atoms with van der Waals surface area (Å²) in [5.74, 6) is -0.340. The molecule has 0 radical (unpaired) electrons. The van der Waals surface area contributed by atoms with Gasteiger partial charge in [-0.15, -0.1) is 0 Å². The van der Waals surface area contributed by atoms with E-state index in [1.54, 1.807) is 54.6 Å². The number of hydrogen-bond acceptors (Lipinski definition) is 11. The lowest BCUT2D eigenvalue weighted by Gasteiger charge is -2.34. The SMILES string of the molecule is CCCCC[C@H](C)Oc1ccc2c(OC(=O)c3ccc(OCCCCCCO[Si](C)(C)[Si](C)(C)C)cc3)c(OC(=O)c3ccc(OCCCCCCO[Si](C)(C)[Si](C)(C)C)cc3)ccc2c1[N+](=O)[O-]. The Morgan fingerprint density at radius 2 is 0.971 bits per heavy atom. The van der Waals surface area contributed by atoms with Gasteiger partial charge in [0, 0.05) is 18.6 Å². The van der Waals surface area contributed by atoms with Gasteiger partial charge in [0.15, 0.2) is 32.9 Å². The van der Waals surface area contributed by atoms with Gasteiger partial charge in [0.05, 0.1) is 55.9 Å². The molecule has 0 fully saturated rings. The van der Waals surface area contributed by atoms with E-state index in [9.17, 15) is 19.7 Å². The van der Waals surface area contributed by atoms with Crippen molar-refractivity contribution < 1.29 is 47.0 Å². The smallest absolute Gasteiger partial charge is 0.343 e. The largest absolute Gasteiger partial charge is 0.494 e. The molecule has 4 aromatic carbocycles. The number of nitrogens with zero attached hydrogens (tertiary/aromatic N) is 1. The Balaban J connectivity index is 1.43. The van der Waals surface area contributed by atoms with Crippen molar-refractivity contribution in [2.45, 2.75) is 162 Å². The first kappa shape index (κ1) is 57.2. The maximum Gasteiger partial charge on any atom is 0.343 e. The van der Waals surface area contributed by atoms with E-state index >= 15 is 0 Å². The molecule has 380 valence electrons. The van der Waals surface area contributed by atoms with Crippen molar-refractivity contribution in [1.29, 1.82) is 0 Å². The van der Waals surface area contributed by atoms with E-state index in [2.05, 4.69) is 72.4 Å². The first-order chi connectivity index (χ1) is 32.5. The van der Waals surface area contributed by atoms with Crippen LogP contribution in [0.4, 0.5) is 5.69 Å². The lowest BCUT2D eigenvalue weighted by Crippen LogP contribution is -2.54. The van der Waals surface area contributed by atoms with Crippen molar-refractivity contribution in [3.8, 4) is 28.7 Å². The van der Waals surface area contributed by atoms with Gasteiger partial charge in [-0.3, -0.25) is 10.1 Å². The molecule has 0 spiro atoms.